The van der Waals surface area contributed by atoms with Gasteiger partial charge in [-0.15, -0.1) is 0 Å². The van der Waals surface area contributed by atoms with Gasteiger partial charge in [-0.25, -0.2) is 0 Å². The summed E-state index contributed by atoms with van der Waals surface area (Å²) in [6.07, 6.45) is 2.23. The lowest BCUT2D eigenvalue weighted by atomic mass is 9.96. The molecule has 27 heavy (non-hydrogen) atoms. The molecule has 2 heterocycles. The molecule has 2 atom stereocenters. The Balaban J connectivity index is 1.65. The molecule has 0 aromatic heterocycles. The molecule has 146 valence electrons. The maximum Gasteiger partial charge on any atom is 0.228 e. The molecule has 0 unspecified atom stereocenters. The van der Waals surface area contributed by atoms with Crippen molar-refractivity contribution in [3.63, 3.8) is 0 Å². The van der Waals surface area contributed by atoms with Crippen molar-refractivity contribution in [2.24, 2.45) is 11.8 Å². The van der Waals surface area contributed by atoms with Crippen molar-refractivity contribution in [1.29, 1.82) is 0 Å². The predicted molar refractivity (Wildman–Crippen MR) is 104 cm³/mol. The van der Waals surface area contributed by atoms with Gasteiger partial charge in [0.15, 0.2) is 0 Å². The summed E-state index contributed by atoms with van der Waals surface area (Å²) in [5, 5.41) is 2.85. The fourth-order valence-electron chi connectivity index (χ4n) is 4.11. The lowest BCUT2D eigenvalue weighted by Gasteiger charge is -2.34. The molecule has 0 saturated carbocycles. The largest absolute Gasteiger partial charge is 0.356 e. The third kappa shape index (κ3) is 4.31. The molecule has 1 N–H and O–H groups in total. The van der Waals surface area contributed by atoms with Gasteiger partial charge in [-0.1, -0.05) is 12.1 Å². The number of carbonyl (C=O) groups is 3. The Bertz CT molecular complexity index is 746. The van der Waals surface area contributed by atoms with Crippen LogP contribution in [0.4, 0.5) is 5.69 Å². The zero-order valence-corrected chi connectivity index (χ0v) is 16.5. The summed E-state index contributed by atoms with van der Waals surface area (Å²) < 4.78 is 0. The minimum atomic E-state index is -0.281. The van der Waals surface area contributed by atoms with Crippen molar-refractivity contribution in [1.82, 2.24) is 10.2 Å². The van der Waals surface area contributed by atoms with Gasteiger partial charge in [0.05, 0.1) is 5.92 Å². The number of nitrogens with zero attached hydrogens (tertiary/aromatic N) is 2. The van der Waals surface area contributed by atoms with Crippen LogP contribution in [0.3, 0.4) is 0 Å². The van der Waals surface area contributed by atoms with Gasteiger partial charge in [0.25, 0.3) is 0 Å². The lowest BCUT2D eigenvalue weighted by Crippen LogP contribution is -2.46. The minimum absolute atomic E-state index is 0.0221. The van der Waals surface area contributed by atoms with Crippen molar-refractivity contribution in [3.05, 3.63) is 29.3 Å². The molecule has 2 saturated heterocycles. The molecule has 0 bridgehead atoms. The zero-order chi connectivity index (χ0) is 19.6. The van der Waals surface area contributed by atoms with E-state index in [4.69, 9.17) is 0 Å². The number of hydrogen-bond acceptors (Lipinski definition) is 3. The normalized spacial score (nSPS) is 22.9. The van der Waals surface area contributed by atoms with E-state index in [1.54, 1.807) is 4.90 Å². The van der Waals surface area contributed by atoms with Crippen LogP contribution in [-0.2, 0) is 14.4 Å². The van der Waals surface area contributed by atoms with Crippen molar-refractivity contribution in [2.75, 3.05) is 31.1 Å². The summed E-state index contributed by atoms with van der Waals surface area (Å²) in [4.78, 5) is 40.4. The van der Waals surface area contributed by atoms with E-state index < -0.39 is 0 Å². The highest BCUT2D eigenvalue weighted by Crippen LogP contribution is 2.31. The molecule has 6 nitrogen and oxygen atoms in total. The monoisotopic (exact) mass is 371 g/mol. The van der Waals surface area contributed by atoms with Crippen LogP contribution in [-0.4, -0.2) is 48.8 Å². The van der Waals surface area contributed by atoms with Crippen molar-refractivity contribution < 1.29 is 14.4 Å². The maximum atomic E-state index is 13.0. The maximum absolute atomic E-state index is 13.0. The number of piperidine rings is 1. The van der Waals surface area contributed by atoms with E-state index >= 15 is 0 Å². The van der Waals surface area contributed by atoms with Gasteiger partial charge >= 0.3 is 0 Å². The smallest absolute Gasteiger partial charge is 0.228 e. The third-order valence-electron chi connectivity index (χ3n) is 5.81. The van der Waals surface area contributed by atoms with Crippen molar-refractivity contribution >= 4 is 23.4 Å². The van der Waals surface area contributed by atoms with Crippen LogP contribution < -0.4 is 10.2 Å². The van der Waals surface area contributed by atoms with Crippen molar-refractivity contribution in [3.8, 4) is 0 Å². The summed E-state index contributed by atoms with van der Waals surface area (Å²) in [6, 6.07) is 5.94. The van der Waals surface area contributed by atoms with Gasteiger partial charge in [-0.3, -0.25) is 14.4 Å². The summed E-state index contributed by atoms with van der Waals surface area (Å²) in [6.45, 7) is 8.02. The molecule has 2 fully saturated rings. The average Bonchev–Trinajstić information content (AvgIpc) is 3.03. The molecule has 0 spiro atoms. The van der Waals surface area contributed by atoms with Crippen LogP contribution in [0.15, 0.2) is 18.2 Å². The molecule has 3 rings (SSSR count). The summed E-state index contributed by atoms with van der Waals surface area (Å²) in [5.74, 6) is 0.0669. The first-order valence-corrected chi connectivity index (χ1v) is 9.76. The van der Waals surface area contributed by atoms with Crippen LogP contribution in [0.1, 0.15) is 37.3 Å². The summed E-state index contributed by atoms with van der Waals surface area (Å²) in [5.41, 5.74) is 3.15. The SMILES string of the molecule is CC(=O)NC[C@H]1CCCN(C(=O)[C@H]2CC(=O)N(c3cccc(C)c3C)C2)C1. The number of aryl methyl sites for hydroxylation is 1. The van der Waals surface area contributed by atoms with Crippen LogP contribution in [0.5, 0.6) is 0 Å². The minimum Gasteiger partial charge on any atom is -0.356 e. The quantitative estimate of drug-likeness (QED) is 0.880. The number of rotatable bonds is 4. The van der Waals surface area contributed by atoms with E-state index in [1.807, 2.05) is 36.9 Å². The van der Waals surface area contributed by atoms with Gasteiger partial charge < -0.3 is 15.1 Å². The number of likely N-dealkylation sites (tertiary alicyclic amines) is 1. The first-order valence-electron chi connectivity index (χ1n) is 9.76. The van der Waals surface area contributed by atoms with Gasteiger partial charge in [-0.2, -0.15) is 0 Å². The van der Waals surface area contributed by atoms with Gasteiger partial charge in [0.1, 0.15) is 0 Å². The first-order chi connectivity index (χ1) is 12.9. The molecule has 3 amide bonds. The fourth-order valence-corrected chi connectivity index (χ4v) is 4.11. The molecular weight excluding hydrogens is 342 g/mol. The fraction of sp³-hybridized carbons (Fsp3) is 0.571. The average molecular weight is 371 g/mol. The van der Waals surface area contributed by atoms with E-state index in [1.165, 1.54) is 6.92 Å². The molecule has 2 aliphatic rings. The Labute approximate surface area is 160 Å². The molecule has 1 aromatic rings. The van der Waals surface area contributed by atoms with Crippen LogP contribution in [0.25, 0.3) is 0 Å². The van der Waals surface area contributed by atoms with E-state index in [0.717, 1.165) is 36.2 Å². The third-order valence-corrected chi connectivity index (χ3v) is 5.81. The highest BCUT2D eigenvalue weighted by molar-refractivity contribution is 6.01. The number of hydrogen-bond donors (Lipinski definition) is 1. The second kappa shape index (κ2) is 8.11. The predicted octanol–water partition coefficient (Wildman–Crippen LogP) is 2.03. The Kier molecular flexibility index (Phi) is 5.82. The Morgan fingerprint density at radius 2 is 2.00 bits per heavy atom. The van der Waals surface area contributed by atoms with Gasteiger partial charge in [0.2, 0.25) is 17.7 Å². The van der Waals surface area contributed by atoms with Crippen LogP contribution in [0.2, 0.25) is 0 Å². The van der Waals surface area contributed by atoms with E-state index in [0.29, 0.717) is 25.6 Å². The van der Waals surface area contributed by atoms with E-state index in [-0.39, 0.29) is 30.1 Å². The number of benzene rings is 1. The Hall–Kier alpha value is -2.37. The van der Waals surface area contributed by atoms with Crippen LogP contribution >= 0.6 is 0 Å². The second-order valence-electron chi connectivity index (χ2n) is 7.85. The Morgan fingerprint density at radius 1 is 1.22 bits per heavy atom. The summed E-state index contributed by atoms with van der Waals surface area (Å²) in [7, 11) is 0. The summed E-state index contributed by atoms with van der Waals surface area (Å²) >= 11 is 0. The standard InChI is InChI=1S/C21H29N3O3/c1-14-6-4-8-19(15(14)2)24-13-18(10-20(24)26)21(27)23-9-5-7-17(12-23)11-22-16(3)25/h4,6,8,17-18H,5,7,9-13H2,1-3H3,(H,22,25)/t17-,18+/m1/s1. The van der Waals surface area contributed by atoms with Gasteiger partial charge in [0, 0.05) is 45.2 Å². The number of anilines is 1. The molecule has 6 heteroatoms. The zero-order valence-electron chi connectivity index (χ0n) is 16.5. The highest BCUT2D eigenvalue weighted by atomic mass is 16.2. The number of amides is 3. The highest BCUT2D eigenvalue weighted by Gasteiger charge is 2.38. The Morgan fingerprint density at radius 3 is 2.74 bits per heavy atom. The second-order valence-corrected chi connectivity index (χ2v) is 7.85. The first kappa shape index (κ1) is 19.4. The topological polar surface area (TPSA) is 69.7 Å². The van der Waals surface area contributed by atoms with E-state index in [2.05, 4.69) is 5.32 Å². The van der Waals surface area contributed by atoms with Crippen molar-refractivity contribution in [2.45, 2.75) is 40.0 Å². The lowest BCUT2D eigenvalue weighted by molar-refractivity contribution is -0.137. The van der Waals surface area contributed by atoms with E-state index in [9.17, 15) is 14.4 Å². The molecular formula is C21H29N3O3. The van der Waals surface area contributed by atoms with Crippen LogP contribution in [0, 0.1) is 25.7 Å². The number of carbonyl (C=O) groups excluding carboxylic acids is 3. The van der Waals surface area contributed by atoms with Gasteiger partial charge in [-0.05, 0) is 49.8 Å². The molecule has 0 aliphatic carbocycles. The molecule has 0 radical (unpaired) electrons. The molecule has 2 aliphatic heterocycles. The number of nitrogens with one attached hydrogen (secondary N) is 1. The molecule has 1 aromatic carbocycles.